The van der Waals surface area contributed by atoms with E-state index in [1.54, 1.807) is 0 Å². The summed E-state index contributed by atoms with van der Waals surface area (Å²) in [5.41, 5.74) is 0.0358. The molecule has 1 N–H and O–H groups in total. The Morgan fingerprint density at radius 1 is 1.00 bits per heavy atom. The van der Waals surface area contributed by atoms with Crippen molar-refractivity contribution >= 4 is 0 Å². The first kappa shape index (κ1) is 14.5. The van der Waals surface area contributed by atoms with Crippen LogP contribution >= 0.6 is 0 Å². The maximum Gasteiger partial charge on any atom is 0.416 e. The number of alkyl halides is 3. The zero-order valence-corrected chi connectivity index (χ0v) is 10.4. The maximum atomic E-state index is 12.7. The first-order valence-corrected chi connectivity index (χ1v) is 5.96. The maximum absolute atomic E-state index is 12.7. The van der Waals surface area contributed by atoms with Crippen LogP contribution < -0.4 is 0 Å². The molecule has 0 aromatic heterocycles. The fourth-order valence-corrected chi connectivity index (χ4v) is 1.88. The highest BCUT2D eigenvalue weighted by Crippen LogP contribution is 2.31. The predicted octanol–water partition coefficient (Wildman–Crippen LogP) is 4.12. The Labute approximate surface area is 113 Å². The molecule has 2 aromatic rings. The minimum absolute atomic E-state index is 0.127. The molecule has 0 spiro atoms. The van der Waals surface area contributed by atoms with Crippen molar-refractivity contribution in [2.45, 2.75) is 18.7 Å². The summed E-state index contributed by atoms with van der Waals surface area (Å²) in [4.78, 5) is 0. The van der Waals surface area contributed by atoms with Crippen LogP contribution in [-0.2, 0) is 12.6 Å². The Morgan fingerprint density at radius 2 is 1.65 bits per heavy atom. The van der Waals surface area contributed by atoms with Gasteiger partial charge in [-0.1, -0.05) is 24.3 Å². The smallest absolute Gasteiger partial charge is 0.388 e. The summed E-state index contributed by atoms with van der Waals surface area (Å²) in [6.45, 7) is 0. The average molecular weight is 284 g/mol. The molecule has 2 rings (SSSR count). The molecule has 0 aliphatic carbocycles. The predicted molar refractivity (Wildman–Crippen MR) is 66.5 cm³/mol. The number of hydrogen-bond acceptors (Lipinski definition) is 1. The fourth-order valence-electron chi connectivity index (χ4n) is 1.88. The van der Waals surface area contributed by atoms with Gasteiger partial charge in [0.25, 0.3) is 0 Å². The van der Waals surface area contributed by atoms with Crippen molar-refractivity contribution in [3.8, 4) is 0 Å². The SMILES string of the molecule is OC(Cc1ccc(F)cc1)c1cccc(C(F)(F)F)c1. The van der Waals surface area contributed by atoms with Gasteiger partial charge in [-0.05, 0) is 35.4 Å². The summed E-state index contributed by atoms with van der Waals surface area (Å²) in [7, 11) is 0. The van der Waals surface area contributed by atoms with Gasteiger partial charge in [0.15, 0.2) is 0 Å². The van der Waals surface area contributed by atoms with Crippen molar-refractivity contribution in [2.75, 3.05) is 0 Å². The summed E-state index contributed by atoms with van der Waals surface area (Å²) < 4.78 is 50.5. The van der Waals surface area contributed by atoms with Gasteiger partial charge in [-0.3, -0.25) is 0 Å². The lowest BCUT2D eigenvalue weighted by molar-refractivity contribution is -0.137. The van der Waals surface area contributed by atoms with Crippen LogP contribution in [0.1, 0.15) is 22.8 Å². The van der Waals surface area contributed by atoms with E-state index in [-0.39, 0.29) is 12.0 Å². The van der Waals surface area contributed by atoms with E-state index in [9.17, 15) is 22.7 Å². The molecular weight excluding hydrogens is 272 g/mol. The molecule has 2 aromatic carbocycles. The van der Waals surface area contributed by atoms with E-state index >= 15 is 0 Å². The topological polar surface area (TPSA) is 20.2 Å². The van der Waals surface area contributed by atoms with Crippen LogP contribution in [0.3, 0.4) is 0 Å². The number of hydrogen-bond donors (Lipinski definition) is 1. The lowest BCUT2D eigenvalue weighted by Crippen LogP contribution is -2.08. The first-order chi connectivity index (χ1) is 9.36. The molecular formula is C15H12F4O. The summed E-state index contributed by atoms with van der Waals surface area (Å²) in [6.07, 6.45) is -5.38. The minimum atomic E-state index is -4.44. The van der Waals surface area contributed by atoms with E-state index in [0.717, 1.165) is 12.1 Å². The van der Waals surface area contributed by atoms with Crippen LogP contribution in [0.4, 0.5) is 17.6 Å². The summed E-state index contributed by atoms with van der Waals surface area (Å²) in [6, 6.07) is 10.0. The second kappa shape index (κ2) is 5.63. The molecule has 0 radical (unpaired) electrons. The minimum Gasteiger partial charge on any atom is -0.388 e. The van der Waals surface area contributed by atoms with Crippen LogP contribution in [0.25, 0.3) is 0 Å². The highest BCUT2D eigenvalue weighted by molar-refractivity contribution is 5.28. The summed E-state index contributed by atoms with van der Waals surface area (Å²) >= 11 is 0. The number of aliphatic hydroxyl groups is 1. The lowest BCUT2D eigenvalue weighted by Gasteiger charge is -2.14. The van der Waals surface area contributed by atoms with Gasteiger partial charge < -0.3 is 5.11 Å². The van der Waals surface area contributed by atoms with Gasteiger partial charge in [0.1, 0.15) is 5.82 Å². The molecule has 0 heterocycles. The Bertz CT molecular complexity index is 575. The van der Waals surface area contributed by atoms with Crippen molar-refractivity contribution < 1.29 is 22.7 Å². The van der Waals surface area contributed by atoms with Crippen LogP contribution in [0.5, 0.6) is 0 Å². The van der Waals surface area contributed by atoms with Crippen molar-refractivity contribution in [1.29, 1.82) is 0 Å². The Kier molecular flexibility index (Phi) is 4.09. The molecule has 0 bridgehead atoms. The van der Waals surface area contributed by atoms with Crippen molar-refractivity contribution in [1.82, 2.24) is 0 Å². The van der Waals surface area contributed by atoms with Gasteiger partial charge in [-0.2, -0.15) is 13.2 Å². The van der Waals surface area contributed by atoms with Gasteiger partial charge in [-0.25, -0.2) is 4.39 Å². The number of rotatable bonds is 3. The third-order valence-corrected chi connectivity index (χ3v) is 2.94. The first-order valence-electron chi connectivity index (χ1n) is 5.96. The summed E-state index contributed by atoms with van der Waals surface area (Å²) in [5, 5.41) is 9.97. The molecule has 0 fully saturated rings. The Morgan fingerprint density at radius 3 is 2.25 bits per heavy atom. The van der Waals surface area contributed by atoms with Gasteiger partial charge in [0.05, 0.1) is 11.7 Å². The molecule has 1 atom stereocenters. The number of aliphatic hydroxyl groups excluding tert-OH is 1. The Balaban J connectivity index is 2.17. The van der Waals surface area contributed by atoms with Crippen LogP contribution in [0, 0.1) is 5.82 Å². The molecule has 5 heteroatoms. The van der Waals surface area contributed by atoms with Crippen molar-refractivity contribution in [3.63, 3.8) is 0 Å². The van der Waals surface area contributed by atoms with E-state index in [1.807, 2.05) is 0 Å². The highest BCUT2D eigenvalue weighted by atomic mass is 19.4. The monoisotopic (exact) mass is 284 g/mol. The molecule has 0 saturated carbocycles. The van der Waals surface area contributed by atoms with Crippen molar-refractivity contribution in [2.24, 2.45) is 0 Å². The molecule has 1 unspecified atom stereocenters. The molecule has 0 saturated heterocycles. The lowest BCUT2D eigenvalue weighted by atomic mass is 9.99. The molecule has 1 nitrogen and oxygen atoms in total. The zero-order valence-electron chi connectivity index (χ0n) is 10.4. The highest BCUT2D eigenvalue weighted by Gasteiger charge is 2.30. The molecule has 106 valence electrons. The van der Waals surface area contributed by atoms with Crippen molar-refractivity contribution in [3.05, 3.63) is 71.0 Å². The fraction of sp³-hybridized carbons (Fsp3) is 0.200. The summed E-state index contributed by atoms with van der Waals surface area (Å²) in [5.74, 6) is -0.401. The van der Waals surface area contributed by atoms with E-state index in [0.29, 0.717) is 5.56 Å². The van der Waals surface area contributed by atoms with Gasteiger partial charge >= 0.3 is 6.18 Å². The second-order valence-electron chi connectivity index (χ2n) is 4.47. The molecule has 0 aliphatic rings. The van der Waals surface area contributed by atoms with E-state index < -0.39 is 23.7 Å². The van der Waals surface area contributed by atoms with Crippen LogP contribution in [0.15, 0.2) is 48.5 Å². The third kappa shape index (κ3) is 3.57. The normalized spacial score (nSPS) is 13.2. The third-order valence-electron chi connectivity index (χ3n) is 2.94. The standard InChI is InChI=1S/C15H12F4O/c16-13-6-4-10(5-7-13)8-14(20)11-2-1-3-12(9-11)15(17,18)19/h1-7,9,14,20H,8H2. The second-order valence-corrected chi connectivity index (χ2v) is 4.47. The van der Waals surface area contributed by atoms with Gasteiger partial charge in [0.2, 0.25) is 0 Å². The Hall–Kier alpha value is -1.88. The average Bonchev–Trinajstić information content (AvgIpc) is 2.40. The number of benzene rings is 2. The van der Waals surface area contributed by atoms with Gasteiger partial charge in [-0.15, -0.1) is 0 Å². The number of halogens is 4. The van der Waals surface area contributed by atoms with E-state index in [2.05, 4.69) is 0 Å². The van der Waals surface area contributed by atoms with E-state index in [4.69, 9.17) is 0 Å². The van der Waals surface area contributed by atoms with Crippen LogP contribution in [-0.4, -0.2) is 5.11 Å². The van der Waals surface area contributed by atoms with Gasteiger partial charge in [0, 0.05) is 6.42 Å². The molecule has 0 amide bonds. The quantitative estimate of drug-likeness (QED) is 0.841. The molecule has 0 aliphatic heterocycles. The van der Waals surface area contributed by atoms with E-state index in [1.165, 1.54) is 36.4 Å². The largest absolute Gasteiger partial charge is 0.416 e. The molecule has 20 heavy (non-hydrogen) atoms. The van der Waals surface area contributed by atoms with Crippen LogP contribution in [0.2, 0.25) is 0 Å². The zero-order chi connectivity index (χ0) is 14.8.